The number of rotatable bonds is 5. The van der Waals surface area contributed by atoms with E-state index < -0.39 is 0 Å². The molecular weight excluding hydrogens is 280 g/mol. The van der Waals surface area contributed by atoms with Crippen molar-refractivity contribution < 1.29 is 8.78 Å². The molecule has 2 aromatic carbocycles. The summed E-state index contributed by atoms with van der Waals surface area (Å²) in [5.41, 5.74) is 2.10. The van der Waals surface area contributed by atoms with Gasteiger partial charge in [0.2, 0.25) is 0 Å². The highest BCUT2D eigenvalue weighted by molar-refractivity contribution is 6.33. The van der Waals surface area contributed by atoms with E-state index in [2.05, 4.69) is 12.2 Å². The van der Waals surface area contributed by atoms with Crippen LogP contribution in [-0.4, -0.2) is 6.54 Å². The monoisotopic (exact) mass is 295 g/mol. The molecule has 0 fully saturated rings. The van der Waals surface area contributed by atoms with Crippen LogP contribution >= 0.6 is 11.6 Å². The Bertz CT molecular complexity index is 599. The van der Waals surface area contributed by atoms with Crippen molar-refractivity contribution >= 4 is 11.6 Å². The van der Waals surface area contributed by atoms with Gasteiger partial charge in [-0.25, -0.2) is 8.78 Å². The summed E-state index contributed by atoms with van der Waals surface area (Å²) in [5.74, 6) is -0.671. The molecule has 0 saturated carbocycles. The zero-order valence-electron chi connectivity index (χ0n) is 11.2. The van der Waals surface area contributed by atoms with Crippen molar-refractivity contribution in [1.82, 2.24) is 5.32 Å². The zero-order valence-corrected chi connectivity index (χ0v) is 12.0. The maximum atomic E-state index is 13.4. The largest absolute Gasteiger partial charge is 0.313 e. The Labute approximate surface area is 122 Å². The van der Waals surface area contributed by atoms with E-state index in [0.29, 0.717) is 17.1 Å². The Hall–Kier alpha value is -1.45. The van der Waals surface area contributed by atoms with Gasteiger partial charge in [0.25, 0.3) is 0 Å². The van der Waals surface area contributed by atoms with Crippen molar-refractivity contribution in [2.75, 3.05) is 6.54 Å². The van der Waals surface area contributed by atoms with E-state index in [1.165, 1.54) is 30.3 Å². The van der Waals surface area contributed by atoms with Gasteiger partial charge in [-0.2, -0.15) is 0 Å². The van der Waals surface area contributed by atoms with E-state index in [0.717, 1.165) is 24.1 Å². The van der Waals surface area contributed by atoms with Gasteiger partial charge in [0.15, 0.2) is 0 Å². The fourth-order valence-corrected chi connectivity index (χ4v) is 2.29. The summed E-state index contributed by atoms with van der Waals surface area (Å²) in [6.07, 6.45) is 0.991. The first-order valence-electron chi connectivity index (χ1n) is 6.56. The highest BCUT2D eigenvalue weighted by Crippen LogP contribution is 2.31. The lowest BCUT2D eigenvalue weighted by Crippen LogP contribution is -2.14. The van der Waals surface area contributed by atoms with Crippen molar-refractivity contribution in [2.24, 2.45) is 0 Å². The summed E-state index contributed by atoms with van der Waals surface area (Å²) in [6.45, 7) is 3.42. The van der Waals surface area contributed by atoms with Crippen LogP contribution < -0.4 is 5.32 Å². The van der Waals surface area contributed by atoms with Crippen LogP contribution in [0.2, 0.25) is 5.02 Å². The minimum atomic E-state index is -0.360. The second-order valence-corrected chi connectivity index (χ2v) is 5.01. The smallest absolute Gasteiger partial charge is 0.123 e. The second-order valence-electron chi connectivity index (χ2n) is 4.60. The molecule has 0 heterocycles. The number of hydrogen-bond donors (Lipinski definition) is 1. The topological polar surface area (TPSA) is 12.0 Å². The van der Waals surface area contributed by atoms with Gasteiger partial charge < -0.3 is 5.32 Å². The maximum Gasteiger partial charge on any atom is 0.123 e. The number of halogens is 3. The molecule has 0 aliphatic rings. The summed E-state index contributed by atoms with van der Waals surface area (Å²) in [7, 11) is 0. The average Bonchev–Trinajstić information content (AvgIpc) is 2.42. The lowest BCUT2D eigenvalue weighted by Gasteiger charge is -2.12. The molecule has 0 aromatic heterocycles. The molecule has 0 aliphatic carbocycles. The average molecular weight is 296 g/mol. The van der Waals surface area contributed by atoms with E-state index in [1.807, 2.05) is 0 Å². The first-order valence-corrected chi connectivity index (χ1v) is 6.94. The molecule has 20 heavy (non-hydrogen) atoms. The quantitative estimate of drug-likeness (QED) is 0.782. The predicted octanol–water partition coefficient (Wildman–Crippen LogP) is 4.78. The fraction of sp³-hybridized carbons (Fsp3) is 0.250. The predicted molar refractivity (Wildman–Crippen MR) is 78.8 cm³/mol. The minimum absolute atomic E-state index is 0.311. The molecule has 0 bridgehead atoms. The van der Waals surface area contributed by atoms with Crippen molar-refractivity contribution in [3.05, 3.63) is 58.6 Å². The van der Waals surface area contributed by atoms with Crippen molar-refractivity contribution in [1.29, 1.82) is 0 Å². The molecule has 106 valence electrons. The molecule has 0 aliphatic heterocycles. The summed E-state index contributed by atoms with van der Waals surface area (Å²) < 4.78 is 26.8. The van der Waals surface area contributed by atoms with Gasteiger partial charge in [-0.1, -0.05) is 24.6 Å². The third-order valence-electron chi connectivity index (χ3n) is 3.03. The Balaban J connectivity index is 2.41. The van der Waals surface area contributed by atoms with E-state index in [9.17, 15) is 8.78 Å². The van der Waals surface area contributed by atoms with Gasteiger partial charge in [0, 0.05) is 17.1 Å². The fourth-order valence-electron chi connectivity index (χ4n) is 2.08. The molecule has 0 spiro atoms. The third kappa shape index (κ3) is 3.56. The van der Waals surface area contributed by atoms with Gasteiger partial charge in [0.1, 0.15) is 11.6 Å². The van der Waals surface area contributed by atoms with Crippen molar-refractivity contribution in [3.63, 3.8) is 0 Å². The zero-order chi connectivity index (χ0) is 14.5. The summed E-state index contributed by atoms with van der Waals surface area (Å²) in [4.78, 5) is 0. The summed E-state index contributed by atoms with van der Waals surface area (Å²) >= 11 is 6.12. The Morgan fingerprint density at radius 3 is 2.45 bits per heavy atom. The normalized spacial score (nSPS) is 10.8. The van der Waals surface area contributed by atoms with E-state index >= 15 is 0 Å². The van der Waals surface area contributed by atoms with Gasteiger partial charge in [-0.3, -0.25) is 0 Å². The lowest BCUT2D eigenvalue weighted by atomic mass is 9.99. The van der Waals surface area contributed by atoms with Crippen LogP contribution in [0.1, 0.15) is 18.9 Å². The van der Waals surface area contributed by atoms with Gasteiger partial charge in [0.05, 0.1) is 0 Å². The van der Waals surface area contributed by atoms with Crippen LogP contribution in [0.4, 0.5) is 8.78 Å². The summed E-state index contributed by atoms with van der Waals surface area (Å²) in [6, 6.07) is 8.65. The van der Waals surface area contributed by atoms with Crippen LogP contribution in [0, 0.1) is 11.6 Å². The number of hydrogen-bond acceptors (Lipinski definition) is 1. The second kappa shape index (κ2) is 6.82. The number of nitrogens with one attached hydrogen (secondary N) is 1. The SMILES string of the molecule is CCCNCc1cc(F)ccc1-c1cc(F)ccc1Cl. The van der Waals surface area contributed by atoms with Crippen LogP contribution in [0.25, 0.3) is 11.1 Å². The van der Waals surface area contributed by atoms with Gasteiger partial charge >= 0.3 is 0 Å². The molecule has 0 radical (unpaired) electrons. The molecule has 0 saturated heterocycles. The first kappa shape index (κ1) is 14.9. The van der Waals surface area contributed by atoms with Gasteiger partial charge in [-0.05, 0) is 54.4 Å². The molecule has 2 rings (SSSR count). The van der Waals surface area contributed by atoms with E-state index in [1.54, 1.807) is 6.07 Å². The minimum Gasteiger partial charge on any atom is -0.313 e. The van der Waals surface area contributed by atoms with Crippen LogP contribution in [0.3, 0.4) is 0 Å². The highest BCUT2D eigenvalue weighted by atomic mass is 35.5. The summed E-state index contributed by atoms with van der Waals surface area (Å²) in [5, 5.41) is 3.67. The van der Waals surface area contributed by atoms with Gasteiger partial charge in [-0.15, -0.1) is 0 Å². The van der Waals surface area contributed by atoms with Crippen LogP contribution in [0.15, 0.2) is 36.4 Å². The Morgan fingerprint density at radius 1 is 1.00 bits per heavy atom. The molecule has 1 nitrogen and oxygen atoms in total. The molecule has 0 atom stereocenters. The molecule has 0 amide bonds. The lowest BCUT2D eigenvalue weighted by molar-refractivity contribution is 0.619. The van der Waals surface area contributed by atoms with Crippen LogP contribution in [0.5, 0.6) is 0 Å². The molecule has 1 N–H and O–H groups in total. The van der Waals surface area contributed by atoms with E-state index in [4.69, 9.17) is 11.6 Å². The van der Waals surface area contributed by atoms with Crippen molar-refractivity contribution in [2.45, 2.75) is 19.9 Å². The Kier molecular flexibility index (Phi) is 5.10. The standard InChI is InChI=1S/C16H16ClF2N/c1-2-7-20-10-11-8-12(18)3-5-14(11)15-9-13(19)4-6-16(15)17/h3-6,8-9,20H,2,7,10H2,1H3. The Morgan fingerprint density at radius 2 is 1.70 bits per heavy atom. The maximum absolute atomic E-state index is 13.4. The molecule has 4 heteroatoms. The highest BCUT2D eigenvalue weighted by Gasteiger charge is 2.11. The number of benzene rings is 2. The van der Waals surface area contributed by atoms with Crippen LogP contribution in [-0.2, 0) is 6.54 Å². The van der Waals surface area contributed by atoms with E-state index in [-0.39, 0.29) is 11.6 Å². The first-order chi connectivity index (χ1) is 9.61. The molecule has 2 aromatic rings. The molecule has 0 unspecified atom stereocenters. The molecular formula is C16H16ClF2N. The third-order valence-corrected chi connectivity index (χ3v) is 3.36. The van der Waals surface area contributed by atoms with Crippen molar-refractivity contribution in [3.8, 4) is 11.1 Å².